The number of imide groups is 1. The Bertz CT molecular complexity index is 1400. The van der Waals surface area contributed by atoms with E-state index in [2.05, 4.69) is 5.32 Å². The second kappa shape index (κ2) is 9.71. The molecule has 0 saturated heterocycles. The Morgan fingerprint density at radius 1 is 0.914 bits per heavy atom. The SMILES string of the molecule is CCCCN1C(=O)c2ccc(C(=O)Nc3cccc(S(=O)(=O)N(C)c4ccccc4)c3)cc2C1=O. The van der Waals surface area contributed by atoms with Crippen LogP contribution in [0.15, 0.2) is 77.7 Å². The number of carbonyl (C=O) groups is 3. The molecule has 3 aromatic carbocycles. The van der Waals surface area contributed by atoms with E-state index in [4.69, 9.17) is 0 Å². The summed E-state index contributed by atoms with van der Waals surface area (Å²) in [6.07, 6.45) is 1.55. The van der Waals surface area contributed by atoms with Gasteiger partial charge in [0.15, 0.2) is 0 Å². The summed E-state index contributed by atoms with van der Waals surface area (Å²) in [5, 5.41) is 2.68. The summed E-state index contributed by atoms with van der Waals surface area (Å²) in [5.74, 6) is -1.29. The summed E-state index contributed by atoms with van der Waals surface area (Å²) in [6, 6.07) is 19.0. The highest BCUT2D eigenvalue weighted by atomic mass is 32.2. The Balaban J connectivity index is 1.54. The standard InChI is InChI=1S/C26H25N3O5S/c1-3-4-15-29-25(31)22-14-13-18(16-23(22)26(29)32)24(30)27-19-9-8-12-21(17-19)35(33,34)28(2)20-10-6-5-7-11-20/h5-14,16-17H,3-4,15H2,1-2H3,(H,27,30). The Morgan fingerprint density at radius 3 is 2.34 bits per heavy atom. The quantitative estimate of drug-likeness (QED) is 0.477. The molecule has 1 heterocycles. The monoisotopic (exact) mass is 491 g/mol. The normalized spacial score (nSPS) is 13.0. The third kappa shape index (κ3) is 4.67. The van der Waals surface area contributed by atoms with Crippen LogP contribution in [0.2, 0.25) is 0 Å². The zero-order chi connectivity index (χ0) is 25.2. The van der Waals surface area contributed by atoms with Crippen LogP contribution < -0.4 is 9.62 Å². The number of hydrogen-bond acceptors (Lipinski definition) is 5. The van der Waals surface area contributed by atoms with Crippen molar-refractivity contribution < 1.29 is 22.8 Å². The van der Waals surface area contributed by atoms with Gasteiger partial charge in [-0.05, 0) is 55.0 Å². The first kappa shape index (κ1) is 24.2. The molecule has 0 unspecified atom stereocenters. The molecule has 0 saturated carbocycles. The van der Waals surface area contributed by atoms with Crippen molar-refractivity contribution in [2.75, 3.05) is 23.2 Å². The molecule has 1 aliphatic heterocycles. The van der Waals surface area contributed by atoms with Crippen LogP contribution in [-0.4, -0.2) is 44.6 Å². The summed E-state index contributed by atoms with van der Waals surface area (Å²) >= 11 is 0. The zero-order valence-corrected chi connectivity index (χ0v) is 20.2. The van der Waals surface area contributed by atoms with Gasteiger partial charge in [0.25, 0.3) is 27.7 Å². The molecule has 35 heavy (non-hydrogen) atoms. The van der Waals surface area contributed by atoms with Gasteiger partial charge in [0, 0.05) is 24.8 Å². The molecule has 0 bridgehead atoms. The number of fused-ring (bicyclic) bond motifs is 1. The minimum absolute atomic E-state index is 0.0166. The van der Waals surface area contributed by atoms with Crippen LogP contribution in [0.5, 0.6) is 0 Å². The second-order valence-corrected chi connectivity index (χ2v) is 10.1. The fourth-order valence-electron chi connectivity index (χ4n) is 3.82. The maximum atomic E-state index is 13.1. The second-order valence-electron chi connectivity index (χ2n) is 8.17. The molecular weight excluding hydrogens is 466 g/mol. The fourth-order valence-corrected chi connectivity index (χ4v) is 5.07. The maximum Gasteiger partial charge on any atom is 0.264 e. The van der Waals surface area contributed by atoms with E-state index in [1.54, 1.807) is 36.4 Å². The van der Waals surface area contributed by atoms with Crippen molar-refractivity contribution in [3.8, 4) is 0 Å². The van der Waals surface area contributed by atoms with Crippen molar-refractivity contribution in [1.82, 2.24) is 4.90 Å². The third-order valence-corrected chi connectivity index (χ3v) is 7.62. The van der Waals surface area contributed by atoms with Gasteiger partial charge < -0.3 is 5.32 Å². The van der Waals surface area contributed by atoms with Gasteiger partial charge in [-0.15, -0.1) is 0 Å². The number of anilines is 2. The average Bonchev–Trinajstić information content (AvgIpc) is 3.11. The van der Waals surface area contributed by atoms with Gasteiger partial charge >= 0.3 is 0 Å². The van der Waals surface area contributed by atoms with E-state index >= 15 is 0 Å². The predicted octanol–water partition coefficient (Wildman–Crippen LogP) is 4.16. The van der Waals surface area contributed by atoms with Gasteiger partial charge in [-0.2, -0.15) is 0 Å². The minimum Gasteiger partial charge on any atom is -0.322 e. The molecule has 0 aliphatic carbocycles. The van der Waals surface area contributed by atoms with Gasteiger partial charge in [0.05, 0.1) is 21.7 Å². The molecule has 0 aromatic heterocycles. The van der Waals surface area contributed by atoms with E-state index in [0.29, 0.717) is 18.7 Å². The molecule has 0 spiro atoms. The van der Waals surface area contributed by atoms with Crippen molar-refractivity contribution in [1.29, 1.82) is 0 Å². The number of carbonyl (C=O) groups excluding carboxylic acids is 3. The number of rotatable bonds is 8. The largest absolute Gasteiger partial charge is 0.322 e. The smallest absolute Gasteiger partial charge is 0.264 e. The first-order chi connectivity index (χ1) is 16.7. The Labute approximate surface area is 204 Å². The van der Waals surface area contributed by atoms with Crippen LogP contribution in [0.3, 0.4) is 0 Å². The van der Waals surface area contributed by atoms with Crippen molar-refractivity contribution in [2.45, 2.75) is 24.7 Å². The molecule has 0 radical (unpaired) electrons. The molecule has 8 nitrogen and oxygen atoms in total. The third-order valence-electron chi connectivity index (χ3n) is 5.84. The lowest BCUT2D eigenvalue weighted by molar-refractivity contribution is 0.0652. The maximum absolute atomic E-state index is 13.1. The highest BCUT2D eigenvalue weighted by Gasteiger charge is 2.35. The van der Waals surface area contributed by atoms with Gasteiger partial charge in [-0.25, -0.2) is 8.42 Å². The van der Waals surface area contributed by atoms with Crippen LogP contribution in [0.25, 0.3) is 0 Å². The van der Waals surface area contributed by atoms with Crippen LogP contribution in [-0.2, 0) is 10.0 Å². The number of benzene rings is 3. The van der Waals surface area contributed by atoms with Crippen molar-refractivity contribution in [2.24, 2.45) is 0 Å². The Morgan fingerprint density at radius 2 is 1.63 bits per heavy atom. The average molecular weight is 492 g/mol. The lowest BCUT2D eigenvalue weighted by Gasteiger charge is -2.20. The molecule has 180 valence electrons. The van der Waals surface area contributed by atoms with Gasteiger partial charge in [-0.1, -0.05) is 37.6 Å². The lowest BCUT2D eigenvalue weighted by atomic mass is 10.1. The minimum atomic E-state index is -3.86. The van der Waals surface area contributed by atoms with Crippen molar-refractivity contribution in [3.63, 3.8) is 0 Å². The summed E-state index contributed by atoms with van der Waals surface area (Å²) in [4.78, 5) is 39.3. The topological polar surface area (TPSA) is 104 Å². The van der Waals surface area contributed by atoms with E-state index in [-0.39, 0.29) is 33.2 Å². The molecule has 9 heteroatoms. The highest BCUT2D eigenvalue weighted by Crippen LogP contribution is 2.26. The summed E-state index contributed by atoms with van der Waals surface area (Å²) in [5.41, 5.74) is 1.45. The molecule has 3 amide bonds. The number of sulfonamides is 1. The van der Waals surface area contributed by atoms with E-state index in [1.165, 1.54) is 52.7 Å². The van der Waals surface area contributed by atoms with Crippen molar-refractivity contribution >= 4 is 39.1 Å². The number of nitrogens with zero attached hydrogens (tertiary/aromatic N) is 2. The lowest BCUT2D eigenvalue weighted by Crippen LogP contribution is -2.30. The Kier molecular flexibility index (Phi) is 6.70. The van der Waals surface area contributed by atoms with Crippen LogP contribution in [0.4, 0.5) is 11.4 Å². The van der Waals surface area contributed by atoms with E-state index < -0.39 is 21.8 Å². The molecule has 4 rings (SSSR count). The van der Waals surface area contributed by atoms with Crippen LogP contribution in [0, 0.1) is 0 Å². The first-order valence-corrected chi connectivity index (χ1v) is 12.6. The Hall–Kier alpha value is -3.98. The van der Waals surface area contributed by atoms with E-state index in [9.17, 15) is 22.8 Å². The number of nitrogens with one attached hydrogen (secondary N) is 1. The van der Waals surface area contributed by atoms with E-state index in [0.717, 1.165) is 6.42 Å². The number of para-hydroxylation sites is 1. The molecule has 1 N–H and O–H groups in total. The first-order valence-electron chi connectivity index (χ1n) is 11.2. The fraction of sp³-hybridized carbons (Fsp3) is 0.192. The van der Waals surface area contributed by atoms with Gasteiger partial charge in [-0.3, -0.25) is 23.6 Å². The summed E-state index contributed by atoms with van der Waals surface area (Å²) in [6.45, 7) is 2.31. The highest BCUT2D eigenvalue weighted by molar-refractivity contribution is 7.92. The molecule has 0 atom stereocenters. The number of unbranched alkanes of at least 4 members (excludes halogenated alkanes) is 1. The molecule has 0 fully saturated rings. The number of amides is 3. The van der Waals surface area contributed by atoms with Gasteiger partial charge in [0.2, 0.25) is 0 Å². The van der Waals surface area contributed by atoms with Crippen LogP contribution in [0.1, 0.15) is 50.8 Å². The molecule has 1 aliphatic rings. The van der Waals surface area contributed by atoms with Crippen LogP contribution >= 0.6 is 0 Å². The van der Waals surface area contributed by atoms with E-state index in [1.807, 2.05) is 6.92 Å². The number of hydrogen-bond donors (Lipinski definition) is 1. The zero-order valence-electron chi connectivity index (χ0n) is 19.4. The molecular formula is C26H25N3O5S. The summed E-state index contributed by atoms with van der Waals surface area (Å²) in [7, 11) is -2.40. The summed E-state index contributed by atoms with van der Waals surface area (Å²) < 4.78 is 27.3. The predicted molar refractivity (Wildman–Crippen MR) is 133 cm³/mol. The van der Waals surface area contributed by atoms with Gasteiger partial charge in [0.1, 0.15) is 0 Å². The van der Waals surface area contributed by atoms with Crippen molar-refractivity contribution in [3.05, 3.63) is 89.5 Å². The molecule has 3 aromatic rings.